The maximum atomic E-state index is 6.17. The molecule has 0 bridgehead atoms. The third-order valence-corrected chi connectivity index (χ3v) is 3.28. The molecular formula is C13H17Cl2N5. The quantitative estimate of drug-likeness (QED) is 0.856. The van der Waals surface area contributed by atoms with Crippen molar-refractivity contribution < 1.29 is 0 Å². The molecule has 2 aromatic heterocycles. The predicted molar refractivity (Wildman–Crippen MR) is 83.7 cm³/mol. The van der Waals surface area contributed by atoms with E-state index in [0.717, 1.165) is 13.1 Å². The second kappa shape index (κ2) is 6.81. The average molecular weight is 314 g/mol. The minimum absolute atomic E-state index is 0.157. The van der Waals surface area contributed by atoms with Crippen LogP contribution in [0.15, 0.2) is 24.8 Å². The Bertz CT molecular complexity index is 556. The molecule has 108 valence electrons. The number of halogens is 2. The smallest absolute Gasteiger partial charge is 0.147 e. The van der Waals surface area contributed by atoms with Gasteiger partial charge in [0.05, 0.1) is 16.4 Å². The Balaban J connectivity index is 2.09. The van der Waals surface area contributed by atoms with E-state index in [4.69, 9.17) is 23.2 Å². The molecule has 0 aliphatic heterocycles. The number of nitrogens with one attached hydrogen (secondary N) is 2. The Labute approximate surface area is 128 Å². The van der Waals surface area contributed by atoms with Crippen LogP contribution in [0.4, 0.5) is 11.6 Å². The number of anilines is 2. The highest BCUT2D eigenvalue weighted by Gasteiger charge is 2.11. The minimum atomic E-state index is 0.157. The summed E-state index contributed by atoms with van der Waals surface area (Å²) in [4.78, 5) is 8.44. The molecule has 0 aliphatic carbocycles. The van der Waals surface area contributed by atoms with Gasteiger partial charge in [-0.2, -0.15) is 0 Å². The highest BCUT2D eigenvalue weighted by molar-refractivity contribution is 6.37. The van der Waals surface area contributed by atoms with Gasteiger partial charge in [-0.05, 0) is 19.9 Å². The van der Waals surface area contributed by atoms with Crippen LogP contribution in [0.3, 0.4) is 0 Å². The summed E-state index contributed by atoms with van der Waals surface area (Å²) >= 11 is 12.3. The topological polar surface area (TPSA) is 54.8 Å². The summed E-state index contributed by atoms with van der Waals surface area (Å²) in [5, 5.41) is 7.42. The van der Waals surface area contributed by atoms with Crippen molar-refractivity contribution in [3.05, 3.63) is 34.8 Å². The van der Waals surface area contributed by atoms with Crippen molar-refractivity contribution in [3.8, 4) is 0 Å². The normalized spacial score (nSPS) is 12.2. The van der Waals surface area contributed by atoms with E-state index in [1.54, 1.807) is 18.6 Å². The first-order valence-electron chi connectivity index (χ1n) is 6.42. The minimum Gasteiger partial charge on any atom is -0.369 e. The summed E-state index contributed by atoms with van der Waals surface area (Å²) in [5.74, 6) is 1.26. The Hall–Kier alpha value is -1.46. The van der Waals surface area contributed by atoms with Crippen LogP contribution in [-0.2, 0) is 6.54 Å². The second-order valence-electron chi connectivity index (χ2n) is 4.48. The van der Waals surface area contributed by atoms with Gasteiger partial charge in [0.15, 0.2) is 0 Å². The largest absolute Gasteiger partial charge is 0.369 e. The number of pyridine rings is 1. The van der Waals surface area contributed by atoms with E-state index in [1.807, 2.05) is 17.7 Å². The zero-order valence-corrected chi connectivity index (χ0v) is 12.9. The van der Waals surface area contributed by atoms with Crippen molar-refractivity contribution in [3.63, 3.8) is 0 Å². The monoisotopic (exact) mass is 313 g/mol. The third kappa shape index (κ3) is 3.77. The predicted octanol–water partition coefficient (Wildman–Crippen LogP) is 3.52. The molecule has 1 atom stereocenters. The van der Waals surface area contributed by atoms with E-state index in [0.29, 0.717) is 21.7 Å². The van der Waals surface area contributed by atoms with Crippen molar-refractivity contribution in [1.82, 2.24) is 14.5 Å². The number of nitrogens with zero attached hydrogens (tertiary/aromatic N) is 3. The fraction of sp³-hybridized carbons (Fsp3) is 0.385. The molecule has 0 fully saturated rings. The third-order valence-electron chi connectivity index (χ3n) is 2.70. The van der Waals surface area contributed by atoms with Crippen LogP contribution < -0.4 is 10.6 Å². The van der Waals surface area contributed by atoms with Crippen LogP contribution in [0.2, 0.25) is 10.0 Å². The molecule has 1 unspecified atom stereocenters. The van der Waals surface area contributed by atoms with Crippen LogP contribution in [0.25, 0.3) is 0 Å². The maximum absolute atomic E-state index is 6.17. The van der Waals surface area contributed by atoms with Crippen LogP contribution in [0.5, 0.6) is 0 Å². The van der Waals surface area contributed by atoms with E-state index in [2.05, 4.69) is 27.5 Å². The van der Waals surface area contributed by atoms with Gasteiger partial charge in [0.1, 0.15) is 11.6 Å². The first-order chi connectivity index (χ1) is 9.60. The number of imidazole rings is 1. The SMILES string of the molecule is CCNc1nc(NC(C)Cn2ccnc2)c(Cl)cc1Cl. The van der Waals surface area contributed by atoms with Gasteiger partial charge in [0.25, 0.3) is 0 Å². The molecule has 0 saturated carbocycles. The molecule has 0 saturated heterocycles. The zero-order valence-electron chi connectivity index (χ0n) is 11.4. The van der Waals surface area contributed by atoms with Gasteiger partial charge in [0.2, 0.25) is 0 Å². The average Bonchev–Trinajstić information content (AvgIpc) is 2.88. The fourth-order valence-corrected chi connectivity index (χ4v) is 2.33. The molecule has 2 rings (SSSR count). The summed E-state index contributed by atoms with van der Waals surface area (Å²) in [6.07, 6.45) is 5.45. The summed E-state index contributed by atoms with van der Waals surface area (Å²) in [6, 6.07) is 1.85. The Morgan fingerprint density at radius 2 is 2.05 bits per heavy atom. The van der Waals surface area contributed by atoms with Gasteiger partial charge in [-0.1, -0.05) is 23.2 Å². The van der Waals surface area contributed by atoms with Crippen molar-refractivity contribution in [2.24, 2.45) is 0 Å². The standard InChI is InChI=1S/C13H17Cl2N5/c1-3-17-12-10(14)6-11(15)13(19-12)18-9(2)7-20-5-4-16-8-20/h4-6,8-9H,3,7H2,1-2H3,(H2,17,18,19). The zero-order chi connectivity index (χ0) is 14.5. The lowest BCUT2D eigenvalue weighted by molar-refractivity contribution is 0.617. The van der Waals surface area contributed by atoms with E-state index >= 15 is 0 Å². The van der Waals surface area contributed by atoms with Gasteiger partial charge in [0, 0.05) is 31.5 Å². The van der Waals surface area contributed by atoms with E-state index in [1.165, 1.54) is 0 Å². The molecule has 2 N–H and O–H groups in total. The molecule has 7 heteroatoms. The lowest BCUT2D eigenvalue weighted by Gasteiger charge is -2.17. The van der Waals surface area contributed by atoms with Gasteiger partial charge in [-0.3, -0.25) is 0 Å². The van der Waals surface area contributed by atoms with Crippen LogP contribution in [-0.4, -0.2) is 27.1 Å². The van der Waals surface area contributed by atoms with Crippen LogP contribution >= 0.6 is 23.2 Å². The van der Waals surface area contributed by atoms with Crippen molar-refractivity contribution in [2.45, 2.75) is 26.4 Å². The molecule has 0 aliphatic rings. The highest BCUT2D eigenvalue weighted by atomic mass is 35.5. The lowest BCUT2D eigenvalue weighted by Crippen LogP contribution is -2.22. The number of aromatic nitrogens is 3. The molecule has 2 heterocycles. The molecule has 2 aromatic rings. The van der Waals surface area contributed by atoms with Crippen molar-refractivity contribution in [1.29, 1.82) is 0 Å². The van der Waals surface area contributed by atoms with Crippen molar-refractivity contribution in [2.75, 3.05) is 17.2 Å². The Kier molecular flexibility index (Phi) is 5.09. The molecule has 5 nitrogen and oxygen atoms in total. The Morgan fingerprint density at radius 3 is 2.70 bits per heavy atom. The number of hydrogen-bond acceptors (Lipinski definition) is 4. The van der Waals surface area contributed by atoms with Gasteiger partial charge in [-0.15, -0.1) is 0 Å². The van der Waals surface area contributed by atoms with E-state index in [9.17, 15) is 0 Å². The van der Waals surface area contributed by atoms with Gasteiger partial charge < -0.3 is 15.2 Å². The second-order valence-corrected chi connectivity index (χ2v) is 5.30. The molecule has 0 spiro atoms. The number of rotatable bonds is 6. The molecule has 0 amide bonds. The Morgan fingerprint density at radius 1 is 1.30 bits per heavy atom. The summed E-state index contributed by atoms with van der Waals surface area (Å²) in [5.41, 5.74) is 0. The van der Waals surface area contributed by atoms with Crippen LogP contribution in [0.1, 0.15) is 13.8 Å². The highest BCUT2D eigenvalue weighted by Crippen LogP contribution is 2.29. The van der Waals surface area contributed by atoms with E-state index in [-0.39, 0.29) is 6.04 Å². The van der Waals surface area contributed by atoms with E-state index < -0.39 is 0 Å². The first-order valence-corrected chi connectivity index (χ1v) is 7.18. The molecule has 20 heavy (non-hydrogen) atoms. The first kappa shape index (κ1) is 14.9. The number of hydrogen-bond donors (Lipinski definition) is 2. The van der Waals surface area contributed by atoms with Crippen molar-refractivity contribution >= 4 is 34.8 Å². The molecule has 0 radical (unpaired) electrons. The summed E-state index contributed by atoms with van der Waals surface area (Å²) in [7, 11) is 0. The molecular weight excluding hydrogens is 297 g/mol. The molecule has 0 aromatic carbocycles. The van der Waals surface area contributed by atoms with Crippen LogP contribution in [0, 0.1) is 0 Å². The maximum Gasteiger partial charge on any atom is 0.147 e. The summed E-state index contributed by atoms with van der Waals surface area (Å²) < 4.78 is 1.99. The fourth-order valence-electron chi connectivity index (χ4n) is 1.85. The lowest BCUT2D eigenvalue weighted by atomic mass is 10.3. The van der Waals surface area contributed by atoms with Gasteiger partial charge >= 0.3 is 0 Å². The van der Waals surface area contributed by atoms with Gasteiger partial charge in [-0.25, -0.2) is 9.97 Å². The summed E-state index contributed by atoms with van der Waals surface area (Å²) in [6.45, 7) is 5.57.